The number of aliphatic hydroxyl groups is 2. The van der Waals surface area contributed by atoms with Gasteiger partial charge in [0.15, 0.2) is 0 Å². The summed E-state index contributed by atoms with van der Waals surface area (Å²) in [6, 6.07) is 0. The molecule has 0 radical (unpaired) electrons. The summed E-state index contributed by atoms with van der Waals surface area (Å²) in [4.78, 5) is 0. The van der Waals surface area contributed by atoms with Crippen molar-refractivity contribution in [1.29, 1.82) is 0 Å². The summed E-state index contributed by atoms with van der Waals surface area (Å²) < 4.78 is 0. The van der Waals surface area contributed by atoms with Crippen LogP contribution >= 0.6 is 0 Å². The first kappa shape index (κ1) is 23.1. The van der Waals surface area contributed by atoms with Crippen LogP contribution in [0.15, 0.2) is 0 Å². The maximum absolute atomic E-state index is 11.9. The molecule has 4 rings (SSSR count). The Morgan fingerprint density at radius 3 is 2.30 bits per heavy atom. The van der Waals surface area contributed by atoms with Crippen molar-refractivity contribution in [2.45, 2.75) is 112 Å². The van der Waals surface area contributed by atoms with Crippen LogP contribution < -0.4 is 5.73 Å². The molecule has 0 saturated heterocycles. The third kappa shape index (κ3) is 2.73. The lowest BCUT2D eigenvalue weighted by atomic mass is 9.36. The van der Waals surface area contributed by atoms with Gasteiger partial charge < -0.3 is 15.9 Å². The molecule has 30 heavy (non-hydrogen) atoms. The zero-order valence-electron chi connectivity index (χ0n) is 20.6. The maximum Gasteiger partial charge on any atom is 0.0607 e. The predicted molar refractivity (Wildman–Crippen MR) is 124 cm³/mol. The average Bonchev–Trinajstić information content (AvgIpc) is 2.92. The van der Waals surface area contributed by atoms with Crippen LogP contribution in [-0.4, -0.2) is 29.0 Å². The van der Waals surface area contributed by atoms with Gasteiger partial charge in [0.1, 0.15) is 0 Å². The Morgan fingerprint density at radius 2 is 1.67 bits per heavy atom. The van der Waals surface area contributed by atoms with Crippen LogP contribution in [0.4, 0.5) is 0 Å². The molecule has 4 fully saturated rings. The minimum Gasteiger partial charge on any atom is -0.393 e. The van der Waals surface area contributed by atoms with Gasteiger partial charge in [-0.15, -0.1) is 0 Å². The Balaban J connectivity index is 1.76. The molecular formula is C27H49NO2. The molecule has 0 aromatic heterocycles. The SMILES string of the molecule is CC[C@@H]1C2C[C@H](O)CC[C@@]2(C)C2CCC3(C)[C@@](C)(CC[C@]3(C)[C@H](C)CCN)C2[C@@H]1O. The molecule has 4 saturated carbocycles. The fourth-order valence-corrected chi connectivity index (χ4v) is 10.1. The van der Waals surface area contributed by atoms with Crippen molar-refractivity contribution in [3.63, 3.8) is 0 Å². The van der Waals surface area contributed by atoms with Gasteiger partial charge in [0.05, 0.1) is 12.2 Å². The van der Waals surface area contributed by atoms with Crippen molar-refractivity contribution >= 4 is 0 Å². The van der Waals surface area contributed by atoms with Crippen LogP contribution in [0.2, 0.25) is 0 Å². The lowest BCUT2D eigenvalue weighted by Gasteiger charge is -2.69. The molecule has 4 unspecified atom stereocenters. The predicted octanol–water partition coefficient (Wildman–Crippen LogP) is 5.38. The monoisotopic (exact) mass is 419 g/mol. The summed E-state index contributed by atoms with van der Waals surface area (Å²) in [5.41, 5.74) is 7.02. The van der Waals surface area contributed by atoms with Crippen LogP contribution in [0.5, 0.6) is 0 Å². The Bertz CT molecular complexity index is 653. The average molecular weight is 420 g/mol. The summed E-state index contributed by atoms with van der Waals surface area (Å²) in [6.45, 7) is 15.7. The van der Waals surface area contributed by atoms with E-state index in [0.717, 1.165) is 38.6 Å². The Labute approximate surface area is 185 Å². The van der Waals surface area contributed by atoms with E-state index < -0.39 is 0 Å². The number of hydrogen-bond donors (Lipinski definition) is 3. The molecule has 0 spiro atoms. The second-order valence-electron chi connectivity index (χ2n) is 12.9. The highest BCUT2D eigenvalue weighted by Gasteiger charge is 2.72. The van der Waals surface area contributed by atoms with Gasteiger partial charge >= 0.3 is 0 Å². The summed E-state index contributed by atoms with van der Waals surface area (Å²) in [5.74, 6) is 2.42. The molecule has 0 aliphatic heterocycles. The number of hydrogen-bond acceptors (Lipinski definition) is 3. The second-order valence-corrected chi connectivity index (χ2v) is 12.9. The molecular weight excluding hydrogens is 370 g/mol. The molecule has 174 valence electrons. The maximum atomic E-state index is 11.9. The summed E-state index contributed by atoms with van der Waals surface area (Å²) in [7, 11) is 0. The quantitative estimate of drug-likeness (QED) is 0.573. The third-order valence-electron chi connectivity index (χ3n) is 12.5. The van der Waals surface area contributed by atoms with Gasteiger partial charge in [0, 0.05) is 0 Å². The van der Waals surface area contributed by atoms with Gasteiger partial charge in [-0.25, -0.2) is 0 Å². The zero-order chi connectivity index (χ0) is 22.1. The lowest BCUT2D eigenvalue weighted by molar-refractivity contribution is -0.238. The molecule has 11 atom stereocenters. The number of aliphatic hydroxyl groups excluding tert-OH is 2. The Hall–Kier alpha value is -0.120. The van der Waals surface area contributed by atoms with Crippen LogP contribution in [0.3, 0.4) is 0 Å². The number of fused-ring (bicyclic) bond motifs is 5. The minimum absolute atomic E-state index is 0.169. The smallest absolute Gasteiger partial charge is 0.0607 e. The van der Waals surface area contributed by atoms with E-state index in [1.54, 1.807) is 0 Å². The highest BCUT2D eigenvalue weighted by molar-refractivity contribution is 5.20. The minimum atomic E-state index is -0.222. The van der Waals surface area contributed by atoms with Crippen molar-refractivity contribution in [3.05, 3.63) is 0 Å². The Kier molecular flexibility index (Phi) is 5.73. The van der Waals surface area contributed by atoms with Crippen molar-refractivity contribution in [2.24, 2.45) is 57.0 Å². The van der Waals surface area contributed by atoms with Crippen LogP contribution in [0, 0.1) is 51.2 Å². The highest BCUT2D eigenvalue weighted by Crippen LogP contribution is 2.77. The molecule has 4 aliphatic rings. The molecule has 0 heterocycles. The summed E-state index contributed by atoms with van der Waals surface area (Å²) >= 11 is 0. The van der Waals surface area contributed by atoms with Gasteiger partial charge in [-0.3, -0.25) is 0 Å². The fourth-order valence-electron chi connectivity index (χ4n) is 10.1. The van der Waals surface area contributed by atoms with E-state index in [9.17, 15) is 10.2 Å². The lowest BCUT2D eigenvalue weighted by Crippen LogP contribution is -2.66. The number of nitrogens with two attached hydrogens (primary N) is 1. The van der Waals surface area contributed by atoms with Gasteiger partial charge in [0.2, 0.25) is 0 Å². The molecule has 0 amide bonds. The van der Waals surface area contributed by atoms with Crippen molar-refractivity contribution in [1.82, 2.24) is 0 Å². The van der Waals surface area contributed by atoms with Crippen LogP contribution in [-0.2, 0) is 0 Å². The fraction of sp³-hybridized carbons (Fsp3) is 1.00. The molecule has 3 nitrogen and oxygen atoms in total. The van der Waals surface area contributed by atoms with E-state index >= 15 is 0 Å². The van der Waals surface area contributed by atoms with E-state index in [4.69, 9.17) is 5.73 Å². The van der Waals surface area contributed by atoms with Crippen molar-refractivity contribution < 1.29 is 10.2 Å². The molecule has 4 N–H and O–H groups in total. The van der Waals surface area contributed by atoms with Crippen LogP contribution in [0.25, 0.3) is 0 Å². The molecule has 0 bridgehead atoms. The first-order valence-electron chi connectivity index (χ1n) is 13.1. The van der Waals surface area contributed by atoms with E-state index in [2.05, 4.69) is 41.5 Å². The topological polar surface area (TPSA) is 66.5 Å². The van der Waals surface area contributed by atoms with Crippen LogP contribution in [0.1, 0.15) is 99.3 Å². The summed E-state index contributed by atoms with van der Waals surface area (Å²) in [6.07, 6.45) is 9.77. The molecule has 0 aromatic rings. The second kappa shape index (κ2) is 7.45. The molecule has 4 aliphatic carbocycles. The largest absolute Gasteiger partial charge is 0.393 e. The molecule has 0 aromatic carbocycles. The van der Waals surface area contributed by atoms with Gasteiger partial charge in [-0.2, -0.15) is 0 Å². The summed E-state index contributed by atoms with van der Waals surface area (Å²) in [5, 5.41) is 22.4. The van der Waals surface area contributed by atoms with E-state index in [-0.39, 0.29) is 28.5 Å². The van der Waals surface area contributed by atoms with Crippen molar-refractivity contribution in [3.8, 4) is 0 Å². The zero-order valence-corrected chi connectivity index (χ0v) is 20.6. The van der Waals surface area contributed by atoms with E-state index in [1.807, 2.05) is 0 Å². The number of rotatable bonds is 4. The van der Waals surface area contributed by atoms with E-state index in [0.29, 0.717) is 35.0 Å². The first-order chi connectivity index (χ1) is 14.0. The first-order valence-corrected chi connectivity index (χ1v) is 13.1. The Morgan fingerprint density at radius 1 is 0.967 bits per heavy atom. The van der Waals surface area contributed by atoms with Crippen molar-refractivity contribution in [2.75, 3.05) is 6.54 Å². The molecule has 3 heteroatoms. The van der Waals surface area contributed by atoms with Gasteiger partial charge in [0.25, 0.3) is 0 Å². The normalized spacial score (nSPS) is 56.7. The highest BCUT2D eigenvalue weighted by atomic mass is 16.3. The van der Waals surface area contributed by atoms with E-state index in [1.165, 1.54) is 25.7 Å². The standard InChI is InChI=1S/C27H49NO2/c1-7-19-21-16-18(29)8-11-24(21,3)20-9-12-27(6)25(4,17(2)10-15-28)13-14-26(27,5)22(20)23(19)30/h17-23,29-30H,7-16,28H2,1-6H3/t17-,18-,19-,20?,21?,22?,23-,24+,25-,26+,27?/m1/s1. The third-order valence-corrected chi connectivity index (χ3v) is 12.5. The van der Waals surface area contributed by atoms with Gasteiger partial charge in [-0.1, -0.05) is 48.0 Å². The van der Waals surface area contributed by atoms with Gasteiger partial charge in [-0.05, 0) is 109 Å².